The van der Waals surface area contributed by atoms with Gasteiger partial charge in [0.15, 0.2) is 0 Å². The summed E-state index contributed by atoms with van der Waals surface area (Å²) in [6.07, 6.45) is 2.00. The lowest BCUT2D eigenvalue weighted by Gasteiger charge is -2.04. The van der Waals surface area contributed by atoms with E-state index in [2.05, 4.69) is 0 Å². The zero-order valence-corrected chi connectivity index (χ0v) is 6.81. The molecule has 0 radical (unpaired) electrons. The predicted octanol–water partition coefficient (Wildman–Crippen LogP) is 1.52. The van der Waals surface area contributed by atoms with Crippen molar-refractivity contribution in [2.75, 3.05) is 0 Å². The van der Waals surface area contributed by atoms with Crippen molar-refractivity contribution in [2.24, 2.45) is 0 Å². The summed E-state index contributed by atoms with van der Waals surface area (Å²) < 4.78 is 0. The highest BCUT2D eigenvalue weighted by atomic mass is 32.2. The summed E-state index contributed by atoms with van der Waals surface area (Å²) in [5, 5.41) is 8.71. The molecule has 0 bridgehead atoms. The fourth-order valence-corrected chi connectivity index (χ4v) is 2.20. The Labute approximate surface area is 64.3 Å². The van der Waals surface area contributed by atoms with Crippen LogP contribution in [0.2, 0.25) is 0 Å². The number of thioether (sulfide) groups is 1. The van der Waals surface area contributed by atoms with E-state index in [4.69, 9.17) is 5.11 Å². The summed E-state index contributed by atoms with van der Waals surface area (Å²) in [7, 11) is 0. The SMILES string of the molecule is CC1=CC(C)SC1C(=O)O. The van der Waals surface area contributed by atoms with Crippen LogP contribution in [0, 0.1) is 0 Å². The molecule has 0 aromatic heterocycles. The van der Waals surface area contributed by atoms with Gasteiger partial charge in [0.1, 0.15) is 5.25 Å². The van der Waals surface area contributed by atoms with E-state index in [0.717, 1.165) is 5.57 Å². The predicted molar refractivity (Wildman–Crippen MR) is 42.2 cm³/mol. The van der Waals surface area contributed by atoms with Crippen molar-refractivity contribution in [3.63, 3.8) is 0 Å². The highest BCUT2D eigenvalue weighted by molar-refractivity contribution is 8.01. The first-order chi connectivity index (χ1) is 4.61. The summed E-state index contributed by atoms with van der Waals surface area (Å²) in [5.41, 5.74) is 0.977. The molecule has 0 saturated carbocycles. The van der Waals surface area contributed by atoms with Gasteiger partial charge in [-0.05, 0) is 13.8 Å². The van der Waals surface area contributed by atoms with Crippen LogP contribution in [-0.2, 0) is 4.79 Å². The quantitative estimate of drug-likeness (QED) is 0.588. The van der Waals surface area contributed by atoms with Crippen molar-refractivity contribution in [3.8, 4) is 0 Å². The first-order valence-electron chi connectivity index (χ1n) is 3.18. The van der Waals surface area contributed by atoms with Crippen molar-refractivity contribution in [1.82, 2.24) is 0 Å². The number of carboxylic acids is 1. The third-order valence-corrected chi connectivity index (χ3v) is 2.90. The van der Waals surface area contributed by atoms with E-state index in [-0.39, 0.29) is 5.25 Å². The molecule has 0 saturated heterocycles. The van der Waals surface area contributed by atoms with Gasteiger partial charge >= 0.3 is 5.97 Å². The number of carbonyl (C=O) groups is 1. The molecule has 2 unspecified atom stereocenters. The van der Waals surface area contributed by atoms with Crippen LogP contribution in [-0.4, -0.2) is 21.6 Å². The van der Waals surface area contributed by atoms with Crippen molar-refractivity contribution < 1.29 is 9.90 Å². The zero-order chi connectivity index (χ0) is 7.72. The molecule has 0 aromatic carbocycles. The average Bonchev–Trinajstić information content (AvgIpc) is 2.10. The summed E-state index contributed by atoms with van der Waals surface area (Å²) in [6, 6.07) is 0. The third kappa shape index (κ3) is 1.34. The lowest BCUT2D eigenvalue weighted by molar-refractivity contribution is -0.135. The van der Waals surface area contributed by atoms with Gasteiger partial charge in [0.25, 0.3) is 0 Å². The molecule has 0 aromatic rings. The molecule has 3 heteroatoms. The number of hydrogen-bond donors (Lipinski definition) is 1. The Morgan fingerprint density at radius 3 is 2.60 bits per heavy atom. The maximum absolute atomic E-state index is 10.5. The van der Waals surface area contributed by atoms with Crippen LogP contribution >= 0.6 is 11.8 Å². The topological polar surface area (TPSA) is 37.3 Å². The highest BCUT2D eigenvalue weighted by Gasteiger charge is 2.27. The molecule has 0 fully saturated rings. The van der Waals surface area contributed by atoms with E-state index in [1.165, 1.54) is 11.8 Å². The van der Waals surface area contributed by atoms with Crippen molar-refractivity contribution in [1.29, 1.82) is 0 Å². The van der Waals surface area contributed by atoms with Crippen LogP contribution in [0.4, 0.5) is 0 Å². The molecule has 2 nitrogen and oxygen atoms in total. The monoisotopic (exact) mass is 158 g/mol. The number of rotatable bonds is 1. The second-order valence-electron chi connectivity index (χ2n) is 2.47. The Hall–Kier alpha value is -0.440. The molecule has 1 rings (SSSR count). The smallest absolute Gasteiger partial charge is 0.320 e. The highest BCUT2D eigenvalue weighted by Crippen LogP contribution is 2.32. The van der Waals surface area contributed by atoms with Gasteiger partial charge in [-0.2, -0.15) is 0 Å². The first kappa shape index (κ1) is 7.66. The Kier molecular flexibility index (Phi) is 2.04. The molecule has 10 heavy (non-hydrogen) atoms. The molecule has 1 N–H and O–H groups in total. The van der Waals surface area contributed by atoms with Gasteiger partial charge in [-0.3, -0.25) is 4.79 Å². The maximum Gasteiger partial charge on any atom is 0.320 e. The largest absolute Gasteiger partial charge is 0.480 e. The minimum absolute atomic E-state index is 0.296. The molecular weight excluding hydrogens is 148 g/mol. The van der Waals surface area contributed by atoms with Gasteiger partial charge in [0, 0.05) is 5.25 Å². The normalized spacial score (nSPS) is 32.0. The first-order valence-corrected chi connectivity index (χ1v) is 4.12. The molecule has 1 aliphatic rings. The summed E-state index contributed by atoms with van der Waals surface area (Å²) in [6.45, 7) is 3.88. The van der Waals surface area contributed by atoms with E-state index in [1.54, 1.807) is 0 Å². The number of carboxylic acid groups (broad SMARTS) is 1. The molecule has 0 amide bonds. The average molecular weight is 158 g/mol. The van der Waals surface area contributed by atoms with Crippen LogP contribution < -0.4 is 0 Å². The second kappa shape index (κ2) is 2.66. The van der Waals surface area contributed by atoms with Gasteiger partial charge in [-0.15, -0.1) is 11.8 Å². The molecule has 0 spiro atoms. The van der Waals surface area contributed by atoms with Crippen molar-refractivity contribution >= 4 is 17.7 Å². The van der Waals surface area contributed by atoms with Gasteiger partial charge in [0.05, 0.1) is 0 Å². The summed E-state index contributed by atoms with van der Waals surface area (Å²) >= 11 is 1.49. The Morgan fingerprint density at radius 1 is 1.80 bits per heavy atom. The van der Waals surface area contributed by atoms with Crippen molar-refractivity contribution in [2.45, 2.75) is 24.3 Å². The van der Waals surface area contributed by atoms with E-state index in [1.807, 2.05) is 19.9 Å². The molecule has 1 aliphatic heterocycles. The Bertz CT molecular complexity index is 186. The molecule has 56 valence electrons. The van der Waals surface area contributed by atoms with Crippen LogP contribution in [0.15, 0.2) is 11.6 Å². The van der Waals surface area contributed by atoms with Crippen LogP contribution in [0.1, 0.15) is 13.8 Å². The molecule has 2 atom stereocenters. The number of aliphatic carboxylic acids is 1. The maximum atomic E-state index is 10.5. The minimum Gasteiger partial charge on any atom is -0.480 e. The van der Waals surface area contributed by atoms with Crippen LogP contribution in [0.5, 0.6) is 0 Å². The second-order valence-corrected chi connectivity index (χ2v) is 3.96. The van der Waals surface area contributed by atoms with Gasteiger partial charge in [0.2, 0.25) is 0 Å². The summed E-state index contributed by atoms with van der Waals surface area (Å²) in [4.78, 5) is 10.5. The van der Waals surface area contributed by atoms with Crippen LogP contribution in [0.25, 0.3) is 0 Å². The van der Waals surface area contributed by atoms with E-state index >= 15 is 0 Å². The van der Waals surface area contributed by atoms with Crippen molar-refractivity contribution in [3.05, 3.63) is 11.6 Å². The van der Waals surface area contributed by atoms with E-state index in [9.17, 15) is 4.79 Å². The fourth-order valence-electron chi connectivity index (χ4n) is 1.07. The number of hydrogen-bond acceptors (Lipinski definition) is 2. The lowest BCUT2D eigenvalue weighted by atomic mass is 10.2. The molecule has 1 heterocycles. The third-order valence-electron chi connectivity index (χ3n) is 1.49. The van der Waals surface area contributed by atoms with E-state index < -0.39 is 5.97 Å². The van der Waals surface area contributed by atoms with Gasteiger partial charge in [-0.1, -0.05) is 11.6 Å². The summed E-state index contributed by atoms with van der Waals surface area (Å²) in [5.74, 6) is -0.719. The zero-order valence-electron chi connectivity index (χ0n) is 6.00. The standard InChI is InChI=1S/C7H10O2S/c1-4-3-5(2)10-6(4)7(8)9/h3,5-6H,1-2H3,(H,8,9). The Morgan fingerprint density at radius 2 is 2.40 bits per heavy atom. The lowest BCUT2D eigenvalue weighted by Crippen LogP contribution is -2.14. The van der Waals surface area contributed by atoms with Gasteiger partial charge < -0.3 is 5.11 Å². The molecular formula is C7H10O2S. The van der Waals surface area contributed by atoms with Crippen LogP contribution in [0.3, 0.4) is 0 Å². The Balaban J connectivity index is 2.68. The fraction of sp³-hybridized carbons (Fsp3) is 0.571. The molecule has 0 aliphatic carbocycles. The van der Waals surface area contributed by atoms with Gasteiger partial charge in [-0.25, -0.2) is 0 Å². The van der Waals surface area contributed by atoms with E-state index in [0.29, 0.717) is 5.25 Å². The minimum atomic E-state index is -0.719.